The molecule has 3 nitrogen and oxygen atoms in total. The monoisotopic (exact) mass is 286 g/mol. The highest BCUT2D eigenvalue weighted by molar-refractivity contribution is 6.30. The molecule has 0 aliphatic heterocycles. The maximum atomic E-state index is 11.6. The molecule has 100 valence electrons. The van der Waals surface area contributed by atoms with Gasteiger partial charge < -0.3 is 4.74 Å². The summed E-state index contributed by atoms with van der Waals surface area (Å²) in [6, 6.07) is 13.4. The quantitative estimate of drug-likeness (QED) is 0.372. The molecule has 0 aliphatic rings. The fourth-order valence-electron chi connectivity index (χ4n) is 1.50. The number of ether oxygens (including phenoxy) is 1. The second kappa shape index (κ2) is 6.68. The van der Waals surface area contributed by atoms with Gasteiger partial charge in [0.05, 0.1) is 0 Å². The van der Waals surface area contributed by atoms with Gasteiger partial charge in [-0.1, -0.05) is 23.7 Å². The van der Waals surface area contributed by atoms with Crippen molar-refractivity contribution in [2.75, 3.05) is 0 Å². The van der Waals surface area contributed by atoms with Crippen LogP contribution in [0.2, 0.25) is 5.02 Å². The number of hydrogen-bond acceptors (Lipinski definition) is 3. The van der Waals surface area contributed by atoms with Crippen LogP contribution in [0, 0.1) is 0 Å². The molecule has 2 rings (SSSR count). The van der Waals surface area contributed by atoms with Crippen LogP contribution in [-0.2, 0) is 4.79 Å². The minimum absolute atomic E-state index is 0.390. The number of benzene rings is 2. The lowest BCUT2D eigenvalue weighted by Gasteiger charge is -2.01. The smallest absolute Gasteiger partial charge is 0.336 e. The molecule has 0 amide bonds. The Morgan fingerprint density at radius 1 is 0.950 bits per heavy atom. The molecular weight excluding hydrogens is 276 g/mol. The number of halogens is 1. The topological polar surface area (TPSA) is 43.4 Å². The largest absolute Gasteiger partial charge is 0.423 e. The van der Waals surface area contributed by atoms with Crippen LogP contribution in [0.3, 0.4) is 0 Å². The zero-order valence-electron chi connectivity index (χ0n) is 10.5. The molecule has 0 atom stereocenters. The lowest BCUT2D eigenvalue weighted by Crippen LogP contribution is -2.03. The zero-order valence-corrected chi connectivity index (χ0v) is 11.2. The van der Waals surface area contributed by atoms with E-state index in [9.17, 15) is 9.59 Å². The van der Waals surface area contributed by atoms with Crippen molar-refractivity contribution in [3.8, 4) is 5.75 Å². The minimum Gasteiger partial charge on any atom is -0.423 e. The fraction of sp³-hybridized carbons (Fsp3) is 0. The highest BCUT2D eigenvalue weighted by Crippen LogP contribution is 2.13. The molecule has 0 fully saturated rings. The van der Waals surface area contributed by atoms with E-state index in [1.165, 1.54) is 6.08 Å². The summed E-state index contributed by atoms with van der Waals surface area (Å²) in [4.78, 5) is 22.1. The van der Waals surface area contributed by atoms with Gasteiger partial charge in [0, 0.05) is 16.7 Å². The Bertz CT molecular complexity index is 628. The zero-order chi connectivity index (χ0) is 14.4. The molecule has 4 heteroatoms. The maximum absolute atomic E-state index is 11.6. The molecule has 0 N–H and O–H groups in total. The first-order chi connectivity index (χ1) is 9.67. The average molecular weight is 287 g/mol. The van der Waals surface area contributed by atoms with Gasteiger partial charge in [0.25, 0.3) is 0 Å². The van der Waals surface area contributed by atoms with E-state index in [1.807, 2.05) is 0 Å². The number of esters is 1. The second-order valence-corrected chi connectivity index (χ2v) is 4.43. The van der Waals surface area contributed by atoms with E-state index in [0.29, 0.717) is 16.3 Å². The Morgan fingerprint density at radius 3 is 2.15 bits per heavy atom. The van der Waals surface area contributed by atoms with E-state index >= 15 is 0 Å². The summed E-state index contributed by atoms with van der Waals surface area (Å²) < 4.78 is 5.09. The molecule has 0 aromatic heterocycles. The molecule has 0 spiro atoms. The summed E-state index contributed by atoms with van der Waals surface area (Å²) in [5.74, 6) is -0.0971. The van der Waals surface area contributed by atoms with E-state index in [1.54, 1.807) is 54.6 Å². The molecule has 2 aromatic rings. The van der Waals surface area contributed by atoms with Gasteiger partial charge in [-0.3, -0.25) is 4.79 Å². The number of rotatable bonds is 4. The average Bonchev–Trinajstić information content (AvgIpc) is 2.47. The van der Waals surface area contributed by atoms with E-state index < -0.39 is 5.97 Å². The van der Waals surface area contributed by atoms with Crippen LogP contribution >= 0.6 is 11.6 Å². The van der Waals surface area contributed by atoms with Crippen molar-refractivity contribution in [2.45, 2.75) is 0 Å². The Hall–Kier alpha value is -2.39. The highest BCUT2D eigenvalue weighted by atomic mass is 35.5. The van der Waals surface area contributed by atoms with Gasteiger partial charge in [-0.15, -0.1) is 0 Å². The van der Waals surface area contributed by atoms with Crippen molar-refractivity contribution in [3.63, 3.8) is 0 Å². The first kappa shape index (κ1) is 14.0. The predicted molar refractivity (Wildman–Crippen MR) is 78.0 cm³/mol. The predicted octanol–water partition coefficient (Wildman–Crippen LogP) is 3.77. The number of hydrogen-bond donors (Lipinski definition) is 0. The van der Waals surface area contributed by atoms with Crippen molar-refractivity contribution in [2.24, 2.45) is 0 Å². The standard InChI is InChI=1S/C16H11ClO3/c17-14-6-1-12(2-7-14)5-10-16(19)20-15-8-3-13(11-18)4-9-15/h1-11H. The van der Waals surface area contributed by atoms with E-state index in [-0.39, 0.29) is 0 Å². The number of aldehydes is 1. The van der Waals surface area contributed by atoms with Crippen LogP contribution in [0.4, 0.5) is 0 Å². The molecular formula is C16H11ClO3. The van der Waals surface area contributed by atoms with Crippen LogP contribution in [0.1, 0.15) is 15.9 Å². The number of carbonyl (C=O) groups is 2. The van der Waals surface area contributed by atoms with Crippen LogP contribution in [0.5, 0.6) is 5.75 Å². The Labute approximate surface area is 121 Å². The molecule has 0 bridgehead atoms. The van der Waals surface area contributed by atoms with E-state index in [2.05, 4.69) is 0 Å². The first-order valence-corrected chi connectivity index (χ1v) is 6.26. The number of carbonyl (C=O) groups excluding carboxylic acids is 2. The van der Waals surface area contributed by atoms with Gasteiger partial charge in [0.1, 0.15) is 12.0 Å². The van der Waals surface area contributed by atoms with E-state index in [4.69, 9.17) is 16.3 Å². The molecule has 0 saturated heterocycles. The summed E-state index contributed by atoms with van der Waals surface area (Å²) in [5, 5.41) is 0.639. The Balaban J connectivity index is 1.97. The van der Waals surface area contributed by atoms with Crippen molar-refractivity contribution < 1.29 is 14.3 Å². The van der Waals surface area contributed by atoms with Gasteiger partial charge in [0.2, 0.25) is 0 Å². The van der Waals surface area contributed by atoms with Gasteiger partial charge in [0.15, 0.2) is 0 Å². The van der Waals surface area contributed by atoms with Gasteiger partial charge in [-0.2, -0.15) is 0 Å². The first-order valence-electron chi connectivity index (χ1n) is 5.88. The van der Waals surface area contributed by atoms with Crippen molar-refractivity contribution >= 4 is 29.9 Å². The molecule has 20 heavy (non-hydrogen) atoms. The molecule has 0 unspecified atom stereocenters. The van der Waals surface area contributed by atoms with Crippen LogP contribution < -0.4 is 4.74 Å². The summed E-state index contributed by atoms with van der Waals surface area (Å²) in [5.41, 5.74) is 1.38. The summed E-state index contributed by atoms with van der Waals surface area (Å²) in [6.07, 6.45) is 3.70. The van der Waals surface area contributed by atoms with Crippen molar-refractivity contribution in [1.82, 2.24) is 0 Å². The van der Waals surface area contributed by atoms with Crippen LogP contribution in [-0.4, -0.2) is 12.3 Å². The van der Waals surface area contributed by atoms with Crippen LogP contribution in [0.15, 0.2) is 54.6 Å². The summed E-state index contributed by atoms with van der Waals surface area (Å²) in [6.45, 7) is 0. The van der Waals surface area contributed by atoms with Gasteiger partial charge in [-0.05, 0) is 48.0 Å². The third-order valence-corrected chi connectivity index (χ3v) is 2.77. The molecule has 0 radical (unpaired) electrons. The second-order valence-electron chi connectivity index (χ2n) is 3.99. The van der Waals surface area contributed by atoms with Crippen LogP contribution in [0.25, 0.3) is 6.08 Å². The molecule has 2 aromatic carbocycles. The Kier molecular flexibility index (Phi) is 4.69. The molecule has 0 heterocycles. The third-order valence-electron chi connectivity index (χ3n) is 2.52. The van der Waals surface area contributed by atoms with Gasteiger partial charge in [-0.25, -0.2) is 4.79 Å². The summed E-state index contributed by atoms with van der Waals surface area (Å²) in [7, 11) is 0. The fourth-order valence-corrected chi connectivity index (χ4v) is 1.63. The SMILES string of the molecule is O=Cc1ccc(OC(=O)C=Cc2ccc(Cl)cc2)cc1. The summed E-state index contributed by atoms with van der Waals surface area (Å²) >= 11 is 5.77. The maximum Gasteiger partial charge on any atom is 0.336 e. The molecule has 0 saturated carbocycles. The third kappa shape index (κ3) is 4.07. The lowest BCUT2D eigenvalue weighted by atomic mass is 10.2. The highest BCUT2D eigenvalue weighted by Gasteiger charge is 2.00. The van der Waals surface area contributed by atoms with Crippen molar-refractivity contribution in [1.29, 1.82) is 0 Å². The lowest BCUT2D eigenvalue weighted by molar-refractivity contribution is -0.128. The Morgan fingerprint density at radius 2 is 1.55 bits per heavy atom. The van der Waals surface area contributed by atoms with Gasteiger partial charge >= 0.3 is 5.97 Å². The minimum atomic E-state index is -0.487. The van der Waals surface area contributed by atoms with Crippen molar-refractivity contribution in [3.05, 3.63) is 70.8 Å². The van der Waals surface area contributed by atoms with E-state index in [0.717, 1.165) is 11.8 Å². The molecule has 0 aliphatic carbocycles. The normalized spacial score (nSPS) is 10.4.